The normalized spacial score (nSPS) is 17.6. The predicted octanol–water partition coefficient (Wildman–Crippen LogP) is 3.75. The molecule has 2 aliphatic rings. The molecule has 1 aliphatic carbocycles. The van der Waals surface area contributed by atoms with Crippen molar-refractivity contribution in [2.45, 2.75) is 38.1 Å². The van der Waals surface area contributed by atoms with E-state index in [-0.39, 0.29) is 11.6 Å². The summed E-state index contributed by atoms with van der Waals surface area (Å²) in [4.78, 5) is 16.7. The number of ether oxygens (including phenoxy) is 2. The molecule has 6 heteroatoms. The molecule has 2 amide bonds. The van der Waals surface area contributed by atoms with Crippen LogP contribution in [-0.4, -0.2) is 24.2 Å². The molecule has 1 fully saturated rings. The standard InChI is InChI=1S/C20H23N3O3/c1-14-13-21-9-6-16(14)22-19(24)23-20(7-2-3-8-20)15-4-5-17-18(12-15)26-11-10-25-17/h4-6,9,12-13H,2-3,7-8,10-11H2,1H3,(H2,21,22,23,24). The lowest BCUT2D eigenvalue weighted by Gasteiger charge is -2.32. The fraction of sp³-hybridized carbons (Fsp3) is 0.400. The van der Waals surface area contributed by atoms with Crippen molar-refractivity contribution in [1.29, 1.82) is 0 Å². The molecular formula is C20H23N3O3. The number of aromatic nitrogens is 1. The number of carbonyl (C=O) groups excluding carboxylic acids is 1. The summed E-state index contributed by atoms with van der Waals surface area (Å²) in [6.45, 7) is 3.05. The lowest BCUT2D eigenvalue weighted by atomic mass is 9.88. The van der Waals surface area contributed by atoms with E-state index in [9.17, 15) is 4.79 Å². The molecule has 0 atom stereocenters. The molecule has 4 rings (SSSR count). The number of aryl methyl sites for hydroxylation is 1. The zero-order valence-corrected chi connectivity index (χ0v) is 14.9. The van der Waals surface area contributed by atoms with Crippen molar-refractivity contribution in [2.24, 2.45) is 0 Å². The zero-order valence-electron chi connectivity index (χ0n) is 14.9. The number of benzene rings is 1. The van der Waals surface area contributed by atoms with E-state index in [2.05, 4.69) is 15.6 Å². The maximum atomic E-state index is 12.7. The predicted molar refractivity (Wildman–Crippen MR) is 98.7 cm³/mol. The van der Waals surface area contributed by atoms with Gasteiger partial charge in [-0.05, 0) is 49.1 Å². The summed E-state index contributed by atoms with van der Waals surface area (Å²) in [5, 5.41) is 6.17. The largest absolute Gasteiger partial charge is 0.486 e. The van der Waals surface area contributed by atoms with Crippen molar-refractivity contribution in [1.82, 2.24) is 10.3 Å². The number of anilines is 1. The average Bonchev–Trinajstić information content (AvgIpc) is 3.13. The van der Waals surface area contributed by atoms with E-state index in [0.717, 1.165) is 54.0 Å². The molecule has 2 N–H and O–H groups in total. The second-order valence-electron chi connectivity index (χ2n) is 6.92. The van der Waals surface area contributed by atoms with E-state index < -0.39 is 0 Å². The van der Waals surface area contributed by atoms with E-state index in [1.807, 2.05) is 25.1 Å². The van der Waals surface area contributed by atoms with Gasteiger partial charge in [0.05, 0.1) is 5.54 Å². The Kier molecular flexibility index (Phi) is 4.41. The van der Waals surface area contributed by atoms with Crippen molar-refractivity contribution in [2.75, 3.05) is 18.5 Å². The lowest BCUT2D eigenvalue weighted by Crippen LogP contribution is -2.46. The van der Waals surface area contributed by atoms with Gasteiger partial charge in [0.15, 0.2) is 11.5 Å². The highest BCUT2D eigenvalue weighted by atomic mass is 16.6. The molecule has 2 heterocycles. The molecule has 6 nitrogen and oxygen atoms in total. The van der Waals surface area contributed by atoms with Gasteiger partial charge in [-0.15, -0.1) is 0 Å². The van der Waals surface area contributed by atoms with Gasteiger partial charge in [0.2, 0.25) is 0 Å². The fourth-order valence-electron chi connectivity index (χ4n) is 3.79. The summed E-state index contributed by atoms with van der Waals surface area (Å²) >= 11 is 0. The molecule has 1 aliphatic heterocycles. The summed E-state index contributed by atoms with van der Waals surface area (Å²) in [6.07, 6.45) is 7.41. The zero-order chi connectivity index (χ0) is 18.0. The number of rotatable bonds is 3. The molecule has 1 aromatic heterocycles. The van der Waals surface area contributed by atoms with Gasteiger partial charge in [-0.2, -0.15) is 0 Å². The Balaban J connectivity index is 1.57. The van der Waals surface area contributed by atoms with Crippen LogP contribution < -0.4 is 20.1 Å². The van der Waals surface area contributed by atoms with Crippen LogP contribution in [0.4, 0.5) is 10.5 Å². The minimum atomic E-state index is -0.374. The molecule has 0 saturated heterocycles. The number of carbonyl (C=O) groups is 1. The molecule has 2 aromatic rings. The van der Waals surface area contributed by atoms with Crippen molar-refractivity contribution >= 4 is 11.7 Å². The number of fused-ring (bicyclic) bond motifs is 1. The van der Waals surface area contributed by atoms with Gasteiger partial charge in [-0.25, -0.2) is 4.79 Å². The fourth-order valence-corrected chi connectivity index (χ4v) is 3.79. The topological polar surface area (TPSA) is 72.5 Å². The van der Waals surface area contributed by atoms with Gasteiger partial charge in [0, 0.05) is 18.1 Å². The third-order valence-electron chi connectivity index (χ3n) is 5.17. The first-order valence-electron chi connectivity index (χ1n) is 9.06. The van der Waals surface area contributed by atoms with Gasteiger partial charge < -0.3 is 20.1 Å². The smallest absolute Gasteiger partial charge is 0.319 e. The Morgan fingerprint density at radius 1 is 1.12 bits per heavy atom. The van der Waals surface area contributed by atoms with Crippen molar-refractivity contribution in [3.8, 4) is 11.5 Å². The SMILES string of the molecule is Cc1cnccc1NC(=O)NC1(c2ccc3c(c2)OCCO3)CCCC1. The first kappa shape index (κ1) is 16.7. The first-order valence-corrected chi connectivity index (χ1v) is 9.06. The summed E-state index contributed by atoms with van der Waals surface area (Å²) in [5.74, 6) is 1.53. The van der Waals surface area contributed by atoms with Crippen LogP contribution in [0.2, 0.25) is 0 Å². The summed E-state index contributed by atoms with van der Waals surface area (Å²) in [7, 11) is 0. The Labute approximate surface area is 152 Å². The van der Waals surface area contributed by atoms with Gasteiger partial charge in [0.25, 0.3) is 0 Å². The van der Waals surface area contributed by atoms with Crippen LogP contribution in [0.25, 0.3) is 0 Å². The van der Waals surface area contributed by atoms with E-state index in [4.69, 9.17) is 9.47 Å². The van der Waals surface area contributed by atoms with Gasteiger partial charge in [-0.3, -0.25) is 4.98 Å². The Morgan fingerprint density at radius 3 is 2.65 bits per heavy atom. The molecular weight excluding hydrogens is 330 g/mol. The van der Waals surface area contributed by atoms with Gasteiger partial charge >= 0.3 is 6.03 Å². The third-order valence-corrected chi connectivity index (χ3v) is 5.17. The number of nitrogens with one attached hydrogen (secondary N) is 2. The minimum absolute atomic E-state index is 0.198. The number of urea groups is 1. The average molecular weight is 353 g/mol. The van der Waals surface area contributed by atoms with Crippen LogP contribution in [0, 0.1) is 6.92 Å². The minimum Gasteiger partial charge on any atom is -0.486 e. The highest BCUT2D eigenvalue weighted by Crippen LogP contribution is 2.42. The Hall–Kier alpha value is -2.76. The van der Waals surface area contributed by atoms with E-state index >= 15 is 0 Å². The highest BCUT2D eigenvalue weighted by molar-refractivity contribution is 5.90. The molecule has 136 valence electrons. The van der Waals surface area contributed by atoms with Crippen LogP contribution in [-0.2, 0) is 5.54 Å². The van der Waals surface area contributed by atoms with Crippen molar-refractivity contribution in [3.05, 3.63) is 47.8 Å². The van der Waals surface area contributed by atoms with Gasteiger partial charge in [0.1, 0.15) is 13.2 Å². The van der Waals surface area contributed by atoms with Crippen LogP contribution in [0.5, 0.6) is 11.5 Å². The number of nitrogens with zero attached hydrogens (tertiary/aromatic N) is 1. The molecule has 0 spiro atoms. The van der Waals surface area contributed by atoms with Crippen molar-refractivity contribution < 1.29 is 14.3 Å². The summed E-state index contributed by atoms with van der Waals surface area (Å²) < 4.78 is 11.3. The second kappa shape index (κ2) is 6.86. The number of amides is 2. The maximum absolute atomic E-state index is 12.7. The van der Waals surface area contributed by atoms with E-state index in [1.165, 1.54) is 0 Å². The van der Waals surface area contributed by atoms with Gasteiger partial charge in [-0.1, -0.05) is 18.9 Å². The molecule has 0 unspecified atom stereocenters. The quantitative estimate of drug-likeness (QED) is 0.881. The van der Waals surface area contributed by atoms with E-state index in [1.54, 1.807) is 18.5 Å². The van der Waals surface area contributed by atoms with E-state index in [0.29, 0.717) is 13.2 Å². The number of pyridine rings is 1. The Morgan fingerprint density at radius 2 is 1.88 bits per heavy atom. The lowest BCUT2D eigenvalue weighted by molar-refractivity contribution is 0.171. The van der Waals surface area contributed by atoms with Crippen molar-refractivity contribution in [3.63, 3.8) is 0 Å². The van der Waals surface area contributed by atoms with Crippen LogP contribution in [0.15, 0.2) is 36.7 Å². The molecule has 0 radical (unpaired) electrons. The highest BCUT2D eigenvalue weighted by Gasteiger charge is 2.38. The monoisotopic (exact) mass is 353 g/mol. The maximum Gasteiger partial charge on any atom is 0.319 e. The Bertz CT molecular complexity index is 816. The number of hydrogen-bond donors (Lipinski definition) is 2. The van der Waals surface area contributed by atoms with Crippen LogP contribution in [0.1, 0.15) is 36.8 Å². The molecule has 26 heavy (non-hydrogen) atoms. The molecule has 0 bridgehead atoms. The summed E-state index contributed by atoms with van der Waals surface area (Å²) in [5.41, 5.74) is 2.40. The second-order valence-corrected chi connectivity index (χ2v) is 6.92. The third kappa shape index (κ3) is 3.19. The number of hydrogen-bond acceptors (Lipinski definition) is 4. The molecule has 1 aromatic carbocycles. The molecule has 1 saturated carbocycles. The first-order chi connectivity index (χ1) is 12.7. The van der Waals surface area contributed by atoms with Crippen LogP contribution in [0.3, 0.4) is 0 Å². The summed E-state index contributed by atoms with van der Waals surface area (Å²) in [6, 6.07) is 7.60. The van der Waals surface area contributed by atoms with Crippen LogP contribution >= 0.6 is 0 Å².